The van der Waals surface area contributed by atoms with Crippen molar-refractivity contribution >= 4 is 11.0 Å². The van der Waals surface area contributed by atoms with Crippen molar-refractivity contribution in [2.24, 2.45) is 5.14 Å². The third-order valence-corrected chi connectivity index (χ3v) is 2.15. The molecule has 1 atom stereocenters. The van der Waals surface area contributed by atoms with E-state index < -0.39 is 16.8 Å². The Kier molecular flexibility index (Phi) is 2.78. The van der Waals surface area contributed by atoms with Crippen molar-refractivity contribution in [2.75, 3.05) is 7.11 Å². The number of halogens is 1. The first kappa shape index (κ1) is 9.15. The van der Waals surface area contributed by atoms with Crippen LogP contribution in [0.25, 0.3) is 0 Å². The van der Waals surface area contributed by atoms with Crippen molar-refractivity contribution in [3.05, 3.63) is 24.0 Å². The SMILES string of the molecule is COc1cccc(F)c1S(N)=O. The molecule has 1 rings (SSSR count). The zero-order chi connectivity index (χ0) is 9.14. The molecule has 0 aromatic heterocycles. The van der Waals surface area contributed by atoms with Crippen LogP contribution < -0.4 is 9.88 Å². The minimum Gasteiger partial charge on any atom is -0.495 e. The molecule has 1 aromatic rings. The fourth-order valence-electron chi connectivity index (χ4n) is 0.845. The predicted molar refractivity (Wildman–Crippen MR) is 43.5 cm³/mol. The smallest absolute Gasteiger partial charge is 0.144 e. The van der Waals surface area contributed by atoms with E-state index in [-0.39, 0.29) is 10.6 Å². The fourth-order valence-corrected chi connectivity index (χ4v) is 1.45. The summed E-state index contributed by atoms with van der Waals surface area (Å²) in [5, 5.41) is 5.04. The average Bonchev–Trinajstić information content (AvgIpc) is 2.03. The summed E-state index contributed by atoms with van der Waals surface area (Å²) in [5.41, 5.74) is 0. The van der Waals surface area contributed by atoms with E-state index in [4.69, 9.17) is 9.88 Å². The maximum atomic E-state index is 12.9. The topological polar surface area (TPSA) is 52.3 Å². The van der Waals surface area contributed by atoms with E-state index in [2.05, 4.69) is 0 Å². The highest BCUT2D eigenvalue weighted by Gasteiger charge is 2.12. The van der Waals surface area contributed by atoms with Crippen LogP contribution in [0.2, 0.25) is 0 Å². The van der Waals surface area contributed by atoms with Gasteiger partial charge in [-0.25, -0.2) is 13.7 Å². The standard InChI is InChI=1S/C7H8FNO2S/c1-11-6-4-2-3-5(8)7(6)12(9)10/h2-4H,9H2,1H3. The molecule has 0 aliphatic carbocycles. The van der Waals surface area contributed by atoms with Crippen molar-refractivity contribution in [3.63, 3.8) is 0 Å². The summed E-state index contributed by atoms with van der Waals surface area (Å²) in [7, 11) is -0.486. The Bertz CT molecular complexity index is 316. The van der Waals surface area contributed by atoms with Crippen LogP contribution in [0.1, 0.15) is 0 Å². The van der Waals surface area contributed by atoms with Gasteiger partial charge < -0.3 is 4.74 Å². The highest BCUT2D eigenvalue weighted by molar-refractivity contribution is 7.82. The molecule has 0 heterocycles. The Morgan fingerprint density at radius 1 is 1.58 bits per heavy atom. The summed E-state index contributed by atoms with van der Waals surface area (Å²) in [5.74, 6) is -0.411. The van der Waals surface area contributed by atoms with Crippen LogP contribution in [0, 0.1) is 5.82 Å². The lowest BCUT2D eigenvalue weighted by molar-refractivity contribution is 0.396. The van der Waals surface area contributed by atoms with Gasteiger partial charge in [-0.2, -0.15) is 0 Å². The van der Waals surface area contributed by atoms with E-state index in [0.29, 0.717) is 0 Å². The van der Waals surface area contributed by atoms with Gasteiger partial charge in [-0.15, -0.1) is 0 Å². The van der Waals surface area contributed by atoms with Gasteiger partial charge in [-0.05, 0) is 12.1 Å². The van der Waals surface area contributed by atoms with Gasteiger partial charge in [0.1, 0.15) is 27.4 Å². The van der Waals surface area contributed by atoms with Crippen LogP contribution in [-0.4, -0.2) is 11.3 Å². The number of hydrogen-bond acceptors (Lipinski definition) is 2. The molecule has 12 heavy (non-hydrogen) atoms. The molecule has 0 bridgehead atoms. The second-order valence-corrected chi connectivity index (χ2v) is 3.07. The van der Waals surface area contributed by atoms with E-state index in [1.807, 2.05) is 0 Å². The molecule has 0 fully saturated rings. The molecule has 3 nitrogen and oxygen atoms in total. The number of methoxy groups -OCH3 is 1. The van der Waals surface area contributed by atoms with Crippen LogP contribution in [0.4, 0.5) is 4.39 Å². The maximum Gasteiger partial charge on any atom is 0.144 e. The first-order valence-corrected chi connectivity index (χ1v) is 4.36. The molecule has 0 saturated carbocycles. The fraction of sp³-hybridized carbons (Fsp3) is 0.143. The molecule has 0 aliphatic heterocycles. The van der Waals surface area contributed by atoms with Gasteiger partial charge in [0, 0.05) is 0 Å². The lowest BCUT2D eigenvalue weighted by Gasteiger charge is -2.05. The Morgan fingerprint density at radius 2 is 2.25 bits per heavy atom. The number of nitrogens with two attached hydrogens (primary N) is 1. The van der Waals surface area contributed by atoms with Crippen LogP contribution in [0.15, 0.2) is 23.1 Å². The zero-order valence-corrected chi connectivity index (χ0v) is 7.23. The molecule has 1 unspecified atom stereocenters. The summed E-state index contributed by atoms with van der Waals surface area (Å²) >= 11 is 0. The van der Waals surface area contributed by atoms with Crippen molar-refractivity contribution < 1.29 is 13.3 Å². The molecule has 5 heteroatoms. The van der Waals surface area contributed by atoms with Gasteiger partial charge >= 0.3 is 0 Å². The second kappa shape index (κ2) is 3.64. The normalized spacial score (nSPS) is 12.6. The second-order valence-electron chi connectivity index (χ2n) is 2.07. The van der Waals surface area contributed by atoms with E-state index in [1.54, 1.807) is 0 Å². The lowest BCUT2D eigenvalue weighted by atomic mass is 10.3. The first-order chi connectivity index (χ1) is 5.66. The summed E-state index contributed by atoms with van der Waals surface area (Å²) in [4.78, 5) is -0.0972. The Hall–Kier alpha value is -0.940. The minimum absolute atomic E-state index is 0.0972. The molecule has 66 valence electrons. The number of ether oxygens (including phenoxy) is 1. The summed E-state index contributed by atoms with van der Waals surface area (Å²) in [6.07, 6.45) is 0. The third kappa shape index (κ3) is 1.62. The average molecular weight is 189 g/mol. The Labute approximate surface area is 71.9 Å². The summed E-state index contributed by atoms with van der Waals surface area (Å²) in [6.45, 7) is 0. The van der Waals surface area contributed by atoms with E-state index in [1.165, 1.54) is 25.3 Å². The number of hydrogen-bond donors (Lipinski definition) is 1. The molecule has 0 aliphatic rings. The van der Waals surface area contributed by atoms with Crippen molar-refractivity contribution in [2.45, 2.75) is 4.90 Å². The van der Waals surface area contributed by atoms with Crippen LogP contribution in [-0.2, 0) is 11.0 Å². The molecular weight excluding hydrogens is 181 g/mol. The van der Waals surface area contributed by atoms with Gasteiger partial charge in [0.2, 0.25) is 0 Å². The molecule has 0 amide bonds. The van der Waals surface area contributed by atoms with Crippen LogP contribution in [0.3, 0.4) is 0 Å². The van der Waals surface area contributed by atoms with Gasteiger partial charge in [0.25, 0.3) is 0 Å². The molecule has 0 saturated heterocycles. The van der Waals surface area contributed by atoms with Gasteiger partial charge in [-0.3, -0.25) is 0 Å². The van der Waals surface area contributed by atoms with Crippen LogP contribution >= 0.6 is 0 Å². The predicted octanol–water partition coefficient (Wildman–Crippen LogP) is 0.816. The Morgan fingerprint density at radius 3 is 2.67 bits per heavy atom. The van der Waals surface area contributed by atoms with Gasteiger partial charge in [-0.1, -0.05) is 6.07 Å². The zero-order valence-electron chi connectivity index (χ0n) is 6.41. The maximum absolute atomic E-state index is 12.9. The number of benzene rings is 1. The largest absolute Gasteiger partial charge is 0.495 e. The molecule has 0 radical (unpaired) electrons. The molecule has 1 aromatic carbocycles. The first-order valence-electron chi connectivity index (χ1n) is 3.15. The lowest BCUT2D eigenvalue weighted by Crippen LogP contribution is -2.07. The highest BCUT2D eigenvalue weighted by atomic mass is 32.2. The van der Waals surface area contributed by atoms with Gasteiger partial charge in [0.05, 0.1) is 7.11 Å². The Balaban J connectivity index is 3.29. The van der Waals surface area contributed by atoms with E-state index >= 15 is 0 Å². The van der Waals surface area contributed by atoms with Crippen LogP contribution in [0.5, 0.6) is 5.75 Å². The summed E-state index contributed by atoms with van der Waals surface area (Å²) < 4.78 is 28.5. The van der Waals surface area contributed by atoms with Crippen molar-refractivity contribution in [1.29, 1.82) is 0 Å². The van der Waals surface area contributed by atoms with Crippen molar-refractivity contribution in [3.8, 4) is 5.75 Å². The quantitative estimate of drug-likeness (QED) is 0.748. The summed E-state index contributed by atoms with van der Waals surface area (Å²) in [6, 6.07) is 4.15. The molecular formula is C7H8FNO2S. The number of rotatable bonds is 2. The van der Waals surface area contributed by atoms with Crippen molar-refractivity contribution in [1.82, 2.24) is 0 Å². The van der Waals surface area contributed by atoms with E-state index in [9.17, 15) is 8.60 Å². The van der Waals surface area contributed by atoms with E-state index in [0.717, 1.165) is 0 Å². The van der Waals surface area contributed by atoms with Gasteiger partial charge in [0.15, 0.2) is 0 Å². The third-order valence-electron chi connectivity index (χ3n) is 1.35. The molecule has 2 N–H and O–H groups in total. The minimum atomic E-state index is -1.85. The monoisotopic (exact) mass is 189 g/mol. The molecule has 0 spiro atoms. The highest BCUT2D eigenvalue weighted by Crippen LogP contribution is 2.22.